The van der Waals surface area contributed by atoms with Gasteiger partial charge in [0, 0.05) is 10.6 Å². The average molecular weight is 467 g/mol. The van der Waals surface area contributed by atoms with Gasteiger partial charge in [0.05, 0.1) is 11.1 Å². The van der Waals surface area contributed by atoms with Gasteiger partial charge in [-0.25, -0.2) is 8.97 Å². The number of fused-ring (bicyclic) bond motifs is 5. The van der Waals surface area contributed by atoms with Crippen molar-refractivity contribution in [2.24, 2.45) is 0 Å². The number of thioether (sulfide) groups is 1. The normalized spacial score (nSPS) is 13.8. The van der Waals surface area contributed by atoms with Gasteiger partial charge in [-0.2, -0.15) is 0 Å². The summed E-state index contributed by atoms with van der Waals surface area (Å²) in [6.45, 7) is 4.30. The largest absolute Gasteiger partial charge is 0.268 e. The summed E-state index contributed by atoms with van der Waals surface area (Å²) < 4.78 is 3.94. The number of thiophene rings is 1. The molecule has 0 bridgehead atoms. The minimum atomic E-state index is 0.0460. The number of hydrogen-bond acceptors (Lipinski definition) is 5. The van der Waals surface area contributed by atoms with Crippen LogP contribution in [-0.2, 0) is 12.8 Å². The molecule has 5 rings (SSSR count). The Hall–Kier alpha value is -2.12. The fourth-order valence-corrected chi connectivity index (χ4v) is 7.08. The molecule has 0 atom stereocenters. The third-order valence-corrected chi connectivity index (χ3v) is 8.72. The molecule has 1 aliphatic carbocycles. The van der Waals surface area contributed by atoms with Crippen LogP contribution < -0.4 is 5.56 Å². The van der Waals surface area contributed by atoms with E-state index in [4.69, 9.17) is 0 Å². The van der Waals surface area contributed by atoms with Crippen LogP contribution in [0.2, 0.25) is 0 Å². The van der Waals surface area contributed by atoms with Crippen LogP contribution in [0.15, 0.2) is 34.2 Å². The maximum absolute atomic E-state index is 13.9. The molecular weight excluding hydrogens is 436 g/mol. The standard InChI is InChI=1S/C25H30N4OS2/c1-3-4-5-6-11-16-31-25-27-26-24-28(19-14-9-7-12-17(19)2)22(30)21-18-13-8-10-15-20(18)32-23(21)29(24)25/h7,9,12,14H,3-6,8,10-11,13,15-16H2,1-2H3. The van der Waals surface area contributed by atoms with Crippen LogP contribution in [0, 0.1) is 6.92 Å². The summed E-state index contributed by atoms with van der Waals surface area (Å²) in [5.41, 5.74) is 3.26. The van der Waals surface area contributed by atoms with E-state index in [9.17, 15) is 4.79 Å². The van der Waals surface area contributed by atoms with Crippen molar-refractivity contribution >= 4 is 39.1 Å². The molecule has 0 radical (unpaired) electrons. The first-order valence-electron chi connectivity index (χ1n) is 11.8. The van der Waals surface area contributed by atoms with Gasteiger partial charge < -0.3 is 0 Å². The fourth-order valence-electron chi connectivity index (χ4n) is 4.71. The molecule has 1 aliphatic rings. The van der Waals surface area contributed by atoms with Crippen LogP contribution >= 0.6 is 23.1 Å². The predicted molar refractivity (Wildman–Crippen MR) is 135 cm³/mol. The summed E-state index contributed by atoms with van der Waals surface area (Å²) in [6, 6.07) is 8.06. The molecule has 0 saturated heterocycles. The predicted octanol–water partition coefficient (Wildman–Crippen LogP) is 6.34. The van der Waals surface area contributed by atoms with Gasteiger partial charge in [-0.05, 0) is 56.2 Å². The van der Waals surface area contributed by atoms with Gasteiger partial charge in [0.1, 0.15) is 4.83 Å². The lowest BCUT2D eigenvalue weighted by Crippen LogP contribution is -2.23. The van der Waals surface area contributed by atoms with E-state index in [-0.39, 0.29) is 5.56 Å². The zero-order valence-corrected chi connectivity index (χ0v) is 20.5. The zero-order valence-electron chi connectivity index (χ0n) is 18.9. The van der Waals surface area contributed by atoms with Crippen LogP contribution in [-0.4, -0.2) is 24.9 Å². The highest BCUT2D eigenvalue weighted by Gasteiger charge is 2.25. The lowest BCUT2D eigenvalue weighted by Gasteiger charge is -2.13. The van der Waals surface area contributed by atoms with E-state index in [0.717, 1.165) is 51.6 Å². The van der Waals surface area contributed by atoms with Gasteiger partial charge in [-0.1, -0.05) is 62.6 Å². The Balaban J connectivity index is 1.66. The Morgan fingerprint density at radius 1 is 1.06 bits per heavy atom. The first-order chi connectivity index (χ1) is 15.7. The van der Waals surface area contributed by atoms with Crippen molar-refractivity contribution in [1.29, 1.82) is 0 Å². The molecule has 0 N–H and O–H groups in total. The van der Waals surface area contributed by atoms with Crippen LogP contribution in [0.5, 0.6) is 0 Å². The Morgan fingerprint density at radius 3 is 2.72 bits per heavy atom. The van der Waals surface area contributed by atoms with E-state index in [0.29, 0.717) is 5.78 Å². The van der Waals surface area contributed by atoms with E-state index < -0.39 is 0 Å². The molecule has 3 aromatic heterocycles. The van der Waals surface area contributed by atoms with E-state index in [1.54, 1.807) is 27.7 Å². The second-order valence-electron chi connectivity index (χ2n) is 8.70. The van der Waals surface area contributed by atoms with Gasteiger partial charge in [-0.15, -0.1) is 21.5 Å². The van der Waals surface area contributed by atoms with Gasteiger partial charge >= 0.3 is 0 Å². The molecule has 0 spiro atoms. The summed E-state index contributed by atoms with van der Waals surface area (Å²) in [4.78, 5) is 16.3. The molecule has 4 aromatic rings. The number of rotatable bonds is 8. The Morgan fingerprint density at radius 2 is 1.88 bits per heavy atom. The van der Waals surface area contributed by atoms with Crippen molar-refractivity contribution in [2.45, 2.75) is 76.8 Å². The molecule has 0 amide bonds. The van der Waals surface area contributed by atoms with Gasteiger partial charge in [0.2, 0.25) is 5.78 Å². The Kier molecular flexibility index (Phi) is 6.37. The summed E-state index contributed by atoms with van der Waals surface area (Å²) in [5.74, 6) is 1.66. The fraction of sp³-hybridized carbons (Fsp3) is 0.480. The number of aryl methyl sites for hydroxylation is 3. The van der Waals surface area contributed by atoms with Crippen LogP contribution in [0.4, 0.5) is 0 Å². The molecule has 0 fully saturated rings. The summed E-state index contributed by atoms with van der Waals surface area (Å²) in [5, 5.41) is 10.9. The molecule has 32 heavy (non-hydrogen) atoms. The molecule has 3 heterocycles. The highest BCUT2D eigenvalue weighted by molar-refractivity contribution is 7.99. The number of hydrogen-bond donors (Lipinski definition) is 0. The SMILES string of the molecule is CCCCCCCSc1nnc2n(-c3ccccc3C)c(=O)c3c4c(sc3n12)CCCC4. The Bertz CT molecular complexity index is 1320. The van der Waals surface area contributed by atoms with Crippen molar-refractivity contribution in [1.82, 2.24) is 19.2 Å². The first-order valence-corrected chi connectivity index (χ1v) is 13.6. The van der Waals surface area contributed by atoms with Crippen molar-refractivity contribution in [2.75, 3.05) is 5.75 Å². The van der Waals surface area contributed by atoms with Gasteiger partial charge in [-0.3, -0.25) is 4.79 Å². The van der Waals surface area contributed by atoms with Crippen molar-refractivity contribution in [3.05, 3.63) is 50.6 Å². The maximum atomic E-state index is 13.9. The molecule has 0 aliphatic heterocycles. The minimum absolute atomic E-state index is 0.0460. The van der Waals surface area contributed by atoms with E-state index in [2.05, 4.69) is 21.5 Å². The molecule has 0 unspecified atom stereocenters. The number of aromatic nitrogens is 4. The van der Waals surface area contributed by atoms with Crippen LogP contribution in [0.3, 0.4) is 0 Å². The monoisotopic (exact) mass is 466 g/mol. The highest BCUT2D eigenvalue weighted by atomic mass is 32.2. The van der Waals surface area contributed by atoms with Crippen LogP contribution in [0.25, 0.3) is 21.7 Å². The van der Waals surface area contributed by atoms with Crippen molar-refractivity contribution < 1.29 is 0 Å². The summed E-state index contributed by atoms with van der Waals surface area (Å²) in [6.07, 6.45) is 10.7. The third-order valence-electron chi connectivity index (χ3n) is 6.42. The topological polar surface area (TPSA) is 52.2 Å². The van der Waals surface area contributed by atoms with Gasteiger partial charge in [0.15, 0.2) is 5.16 Å². The molecule has 0 saturated carbocycles. The first kappa shape index (κ1) is 21.7. The summed E-state index contributed by atoms with van der Waals surface area (Å²) >= 11 is 3.55. The highest BCUT2D eigenvalue weighted by Crippen LogP contribution is 2.37. The second kappa shape index (κ2) is 9.40. The Labute approximate surface area is 196 Å². The molecule has 5 nitrogen and oxygen atoms in total. The third kappa shape index (κ3) is 3.79. The lowest BCUT2D eigenvalue weighted by molar-refractivity contribution is 0.659. The molecule has 7 heteroatoms. The molecular formula is C25H30N4OS2. The quantitative estimate of drug-likeness (QED) is 0.224. The van der Waals surface area contributed by atoms with E-state index in [1.807, 2.05) is 31.2 Å². The second-order valence-corrected chi connectivity index (χ2v) is 10.8. The van der Waals surface area contributed by atoms with E-state index in [1.165, 1.54) is 49.0 Å². The molecule has 1 aromatic carbocycles. The summed E-state index contributed by atoms with van der Waals surface area (Å²) in [7, 11) is 0. The minimum Gasteiger partial charge on any atom is -0.268 e. The lowest BCUT2D eigenvalue weighted by atomic mass is 9.97. The average Bonchev–Trinajstić information content (AvgIpc) is 3.39. The molecule has 168 valence electrons. The van der Waals surface area contributed by atoms with Crippen LogP contribution in [0.1, 0.15) is 67.9 Å². The maximum Gasteiger partial charge on any atom is 0.268 e. The van der Waals surface area contributed by atoms with Crippen molar-refractivity contribution in [3.63, 3.8) is 0 Å². The van der Waals surface area contributed by atoms with Crippen molar-refractivity contribution in [3.8, 4) is 5.69 Å². The number of nitrogens with zero attached hydrogens (tertiary/aromatic N) is 4. The van der Waals surface area contributed by atoms with E-state index >= 15 is 0 Å². The number of benzene rings is 1. The number of para-hydroxylation sites is 1. The number of unbranched alkanes of at least 4 members (excludes halogenated alkanes) is 4. The zero-order chi connectivity index (χ0) is 22.1. The van der Waals surface area contributed by atoms with Gasteiger partial charge in [0.25, 0.3) is 5.56 Å². The smallest absolute Gasteiger partial charge is 0.268 e.